The Balaban J connectivity index is 1.66. The van der Waals surface area contributed by atoms with Gasteiger partial charge in [-0.15, -0.1) is 0 Å². The Labute approximate surface area is 113 Å². The molecule has 0 aromatic carbocycles. The fraction of sp³-hybridized carbons (Fsp3) is 0.692. The fourth-order valence-electron chi connectivity index (χ4n) is 2.21. The maximum atomic E-state index is 11.6. The zero-order chi connectivity index (χ0) is 13.7. The average Bonchev–Trinajstić information content (AvgIpc) is 2.91. The molecule has 0 radical (unpaired) electrons. The summed E-state index contributed by atoms with van der Waals surface area (Å²) in [5, 5.41) is 7.15. The predicted molar refractivity (Wildman–Crippen MR) is 71.5 cm³/mol. The van der Waals surface area contributed by atoms with E-state index in [0.717, 1.165) is 38.2 Å². The quantitative estimate of drug-likeness (QED) is 0.831. The highest BCUT2D eigenvalue weighted by Crippen LogP contribution is 2.11. The number of carbonyl (C=O) groups excluding carboxylic acids is 1. The molecule has 6 heteroatoms. The van der Waals surface area contributed by atoms with E-state index < -0.39 is 0 Å². The number of amides is 1. The Bertz CT molecular complexity index is 383. The van der Waals surface area contributed by atoms with Gasteiger partial charge in [0.2, 0.25) is 5.91 Å². The topological polar surface area (TPSA) is 61.6 Å². The van der Waals surface area contributed by atoms with Crippen LogP contribution in [0.25, 0.3) is 0 Å². The third-order valence-corrected chi connectivity index (χ3v) is 3.50. The molecule has 19 heavy (non-hydrogen) atoms. The Morgan fingerprint density at radius 1 is 1.53 bits per heavy atom. The van der Waals surface area contributed by atoms with Crippen LogP contribution in [-0.2, 0) is 11.3 Å². The van der Waals surface area contributed by atoms with Gasteiger partial charge in [0.05, 0.1) is 19.3 Å². The summed E-state index contributed by atoms with van der Waals surface area (Å²) in [6.45, 7) is 3.18. The first-order valence-corrected chi connectivity index (χ1v) is 6.70. The second kappa shape index (κ2) is 6.68. The van der Waals surface area contributed by atoms with Crippen LogP contribution >= 0.6 is 0 Å². The number of piperidine rings is 1. The first-order valence-electron chi connectivity index (χ1n) is 6.70. The smallest absolute Gasteiger partial charge is 0.236 e. The van der Waals surface area contributed by atoms with Crippen molar-refractivity contribution < 1.29 is 9.32 Å². The summed E-state index contributed by atoms with van der Waals surface area (Å²) in [6.07, 6.45) is 3.79. The van der Waals surface area contributed by atoms with E-state index in [1.807, 2.05) is 6.07 Å². The number of rotatable bonds is 5. The Kier molecular flexibility index (Phi) is 4.93. The van der Waals surface area contributed by atoms with E-state index in [2.05, 4.69) is 15.4 Å². The van der Waals surface area contributed by atoms with Gasteiger partial charge in [-0.3, -0.25) is 9.69 Å². The summed E-state index contributed by atoms with van der Waals surface area (Å²) in [6, 6.07) is 2.37. The molecule has 0 spiro atoms. The van der Waals surface area contributed by atoms with Crippen molar-refractivity contribution >= 4 is 5.91 Å². The van der Waals surface area contributed by atoms with Gasteiger partial charge in [-0.1, -0.05) is 5.16 Å². The molecule has 6 nitrogen and oxygen atoms in total. The number of nitrogens with one attached hydrogen (secondary N) is 1. The van der Waals surface area contributed by atoms with Gasteiger partial charge in [-0.2, -0.15) is 0 Å². The monoisotopic (exact) mass is 266 g/mol. The molecule has 0 bridgehead atoms. The average molecular weight is 266 g/mol. The van der Waals surface area contributed by atoms with E-state index in [1.165, 1.54) is 0 Å². The molecule has 0 aliphatic carbocycles. The molecular weight excluding hydrogens is 244 g/mol. The van der Waals surface area contributed by atoms with Crippen molar-refractivity contribution in [2.24, 2.45) is 0 Å². The molecule has 0 unspecified atom stereocenters. The normalized spacial score (nSPS) is 17.6. The van der Waals surface area contributed by atoms with E-state index in [1.54, 1.807) is 25.2 Å². The van der Waals surface area contributed by atoms with Crippen LogP contribution in [0, 0.1) is 0 Å². The van der Waals surface area contributed by atoms with Gasteiger partial charge in [0.25, 0.3) is 0 Å². The standard InChI is InChI=1S/C13H22N4O2/c1-16(2)13(18)10-17-7-4-11(5-8-17)14-9-12-3-6-15-19-12/h3,6,11,14H,4-5,7-10H2,1-2H3. The molecule has 1 fully saturated rings. The molecule has 2 rings (SSSR count). The van der Waals surface area contributed by atoms with Gasteiger partial charge in [-0.25, -0.2) is 0 Å². The summed E-state index contributed by atoms with van der Waals surface area (Å²) in [5.74, 6) is 1.04. The SMILES string of the molecule is CN(C)C(=O)CN1CCC(NCc2ccno2)CC1. The summed E-state index contributed by atoms with van der Waals surface area (Å²) >= 11 is 0. The van der Waals surface area contributed by atoms with E-state index in [4.69, 9.17) is 4.52 Å². The fourth-order valence-corrected chi connectivity index (χ4v) is 2.21. The molecule has 1 amide bonds. The van der Waals surface area contributed by atoms with Crippen molar-refractivity contribution in [3.8, 4) is 0 Å². The van der Waals surface area contributed by atoms with Gasteiger partial charge < -0.3 is 14.7 Å². The lowest BCUT2D eigenvalue weighted by molar-refractivity contribution is -0.130. The van der Waals surface area contributed by atoms with Crippen LogP contribution in [0.5, 0.6) is 0 Å². The van der Waals surface area contributed by atoms with Crippen molar-refractivity contribution in [2.45, 2.75) is 25.4 Å². The van der Waals surface area contributed by atoms with Crippen molar-refractivity contribution in [3.05, 3.63) is 18.0 Å². The van der Waals surface area contributed by atoms with Crippen LogP contribution in [0.3, 0.4) is 0 Å². The van der Waals surface area contributed by atoms with E-state index in [9.17, 15) is 4.79 Å². The minimum atomic E-state index is 0.174. The first kappa shape index (κ1) is 14.0. The summed E-state index contributed by atoms with van der Waals surface area (Å²) in [7, 11) is 3.60. The summed E-state index contributed by atoms with van der Waals surface area (Å²) in [5.41, 5.74) is 0. The van der Waals surface area contributed by atoms with Crippen LogP contribution in [0.2, 0.25) is 0 Å². The number of nitrogens with zero attached hydrogens (tertiary/aromatic N) is 3. The van der Waals surface area contributed by atoms with Crippen LogP contribution < -0.4 is 5.32 Å². The van der Waals surface area contributed by atoms with E-state index in [0.29, 0.717) is 12.6 Å². The Morgan fingerprint density at radius 2 is 2.26 bits per heavy atom. The number of likely N-dealkylation sites (N-methyl/N-ethyl adjacent to an activating group) is 1. The lowest BCUT2D eigenvalue weighted by Crippen LogP contribution is -2.45. The summed E-state index contributed by atoms with van der Waals surface area (Å²) in [4.78, 5) is 15.5. The van der Waals surface area contributed by atoms with Crippen LogP contribution in [-0.4, -0.2) is 60.6 Å². The van der Waals surface area contributed by atoms with Crippen LogP contribution in [0.15, 0.2) is 16.8 Å². The second-order valence-corrected chi connectivity index (χ2v) is 5.20. The largest absolute Gasteiger partial charge is 0.360 e. The lowest BCUT2D eigenvalue weighted by atomic mass is 10.0. The van der Waals surface area contributed by atoms with Gasteiger partial charge in [0.1, 0.15) is 5.76 Å². The number of carbonyl (C=O) groups is 1. The third kappa shape index (κ3) is 4.33. The van der Waals surface area contributed by atoms with E-state index >= 15 is 0 Å². The molecule has 1 aromatic heterocycles. The molecule has 1 aliphatic rings. The van der Waals surface area contributed by atoms with Crippen LogP contribution in [0.4, 0.5) is 0 Å². The van der Waals surface area contributed by atoms with Crippen molar-refractivity contribution in [1.29, 1.82) is 0 Å². The van der Waals surface area contributed by atoms with Crippen molar-refractivity contribution in [3.63, 3.8) is 0 Å². The Morgan fingerprint density at radius 3 is 2.84 bits per heavy atom. The molecule has 1 saturated heterocycles. The molecule has 0 atom stereocenters. The predicted octanol–water partition coefficient (Wildman–Crippen LogP) is 0.317. The number of likely N-dealkylation sites (tertiary alicyclic amines) is 1. The minimum Gasteiger partial charge on any atom is -0.360 e. The van der Waals surface area contributed by atoms with Crippen molar-refractivity contribution in [1.82, 2.24) is 20.3 Å². The Hall–Kier alpha value is -1.40. The van der Waals surface area contributed by atoms with Gasteiger partial charge in [0, 0.05) is 39.3 Å². The highest BCUT2D eigenvalue weighted by molar-refractivity contribution is 5.77. The molecule has 1 N–H and O–H groups in total. The molecule has 1 aromatic rings. The van der Waals surface area contributed by atoms with E-state index in [-0.39, 0.29) is 5.91 Å². The van der Waals surface area contributed by atoms with Crippen molar-refractivity contribution in [2.75, 3.05) is 33.7 Å². The number of hydrogen-bond acceptors (Lipinski definition) is 5. The second-order valence-electron chi connectivity index (χ2n) is 5.20. The molecule has 2 heterocycles. The minimum absolute atomic E-state index is 0.174. The van der Waals surface area contributed by atoms with Crippen LogP contribution in [0.1, 0.15) is 18.6 Å². The number of hydrogen-bond donors (Lipinski definition) is 1. The lowest BCUT2D eigenvalue weighted by Gasteiger charge is -2.32. The molecule has 0 saturated carbocycles. The zero-order valence-electron chi connectivity index (χ0n) is 11.6. The summed E-state index contributed by atoms with van der Waals surface area (Å²) < 4.78 is 5.05. The maximum absolute atomic E-state index is 11.6. The molecule has 1 aliphatic heterocycles. The maximum Gasteiger partial charge on any atom is 0.236 e. The highest BCUT2D eigenvalue weighted by atomic mass is 16.5. The molecule has 106 valence electrons. The van der Waals surface area contributed by atoms with Gasteiger partial charge >= 0.3 is 0 Å². The highest BCUT2D eigenvalue weighted by Gasteiger charge is 2.21. The molecular formula is C13H22N4O2. The first-order chi connectivity index (χ1) is 9.15. The zero-order valence-corrected chi connectivity index (χ0v) is 11.6. The van der Waals surface area contributed by atoms with Gasteiger partial charge in [0.15, 0.2) is 0 Å². The third-order valence-electron chi connectivity index (χ3n) is 3.50. The number of aromatic nitrogens is 1. The van der Waals surface area contributed by atoms with Gasteiger partial charge in [-0.05, 0) is 12.8 Å².